The lowest BCUT2D eigenvalue weighted by molar-refractivity contribution is -0.0174. The van der Waals surface area contributed by atoms with Crippen LogP contribution < -0.4 is 0 Å². The topological polar surface area (TPSA) is 26.3 Å². The number of rotatable bonds is 3. The van der Waals surface area contributed by atoms with Crippen LogP contribution in [-0.4, -0.2) is 12.1 Å². The van der Waals surface area contributed by atoms with Crippen molar-refractivity contribution in [1.82, 2.24) is 0 Å². The summed E-state index contributed by atoms with van der Waals surface area (Å²) in [7, 11) is 0. The highest BCUT2D eigenvalue weighted by Crippen LogP contribution is 2.35. The Labute approximate surface area is 139 Å². The third kappa shape index (κ3) is 4.17. The quantitative estimate of drug-likeness (QED) is 0.616. The number of terminal acetylenes is 2. The molecule has 1 aliphatic carbocycles. The van der Waals surface area contributed by atoms with Gasteiger partial charge in [-0.1, -0.05) is 39.0 Å². The Hall–Kier alpha value is -2.19. The lowest BCUT2D eigenvalue weighted by atomic mass is 9.75. The molecule has 3 atom stereocenters. The Balaban J connectivity index is 2.20. The van der Waals surface area contributed by atoms with Gasteiger partial charge in [-0.2, -0.15) is 0 Å². The van der Waals surface area contributed by atoms with Gasteiger partial charge >= 0.3 is 5.97 Å². The van der Waals surface area contributed by atoms with Crippen LogP contribution in [-0.2, 0) is 4.74 Å². The van der Waals surface area contributed by atoms with Crippen molar-refractivity contribution in [2.45, 2.75) is 46.1 Å². The van der Waals surface area contributed by atoms with E-state index >= 15 is 0 Å². The summed E-state index contributed by atoms with van der Waals surface area (Å²) in [4.78, 5) is 12.6. The van der Waals surface area contributed by atoms with Crippen LogP contribution in [0.15, 0.2) is 18.2 Å². The number of carbonyl (C=O) groups excluding carboxylic acids is 1. The smallest absolute Gasteiger partial charge is 0.338 e. The molecule has 0 bridgehead atoms. The molecule has 0 radical (unpaired) electrons. The van der Waals surface area contributed by atoms with Gasteiger partial charge in [0, 0.05) is 11.1 Å². The van der Waals surface area contributed by atoms with Crippen molar-refractivity contribution in [2.75, 3.05) is 0 Å². The summed E-state index contributed by atoms with van der Waals surface area (Å²) in [5, 5.41) is 0. The van der Waals surface area contributed by atoms with Gasteiger partial charge in [-0.3, -0.25) is 0 Å². The first kappa shape index (κ1) is 17.2. The molecule has 2 nitrogen and oxygen atoms in total. The lowest BCUT2D eigenvalue weighted by Crippen LogP contribution is -2.35. The molecule has 0 saturated heterocycles. The van der Waals surface area contributed by atoms with Crippen molar-refractivity contribution in [3.05, 3.63) is 34.9 Å². The van der Waals surface area contributed by atoms with E-state index in [0.29, 0.717) is 34.4 Å². The molecule has 2 heteroatoms. The van der Waals surface area contributed by atoms with Crippen LogP contribution >= 0.6 is 0 Å². The summed E-state index contributed by atoms with van der Waals surface area (Å²) in [6, 6.07) is 5.05. The maximum Gasteiger partial charge on any atom is 0.338 e. The molecule has 2 rings (SSSR count). The third-order valence-corrected chi connectivity index (χ3v) is 4.72. The minimum absolute atomic E-state index is 0.0324. The van der Waals surface area contributed by atoms with Crippen molar-refractivity contribution in [2.24, 2.45) is 17.8 Å². The highest BCUT2D eigenvalue weighted by atomic mass is 16.5. The van der Waals surface area contributed by atoms with Gasteiger partial charge in [0.15, 0.2) is 0 Å². The van der Waals surface area contributed by atoms with Gasteiger partial charge in [-0.15, -0.1) is 12.8 Å². The van der Waals surface area contributed by atoms with Crippen molar-refractivity contribution < 1.29 is 9.53 Å². The third-order valence-electron chi connectivity index (χ3n) is 4.72. The minimum Gasteiger partial charge on any atom is -0.458 e. The van der Waals surface area contributed by atoms with Gasteiger partial charge in [-0.25, -0.2) is 4.79 Å². The van der Waals surface area contributed by atoms with Crippen molar-refractivity contribution in [3.63, 3.8) is 0 Å². The zero-order valence-electron chi connectivity index (χ0n) is 14.1. The summed E-state index contributed by atoms with van der Waals surface area (Å²) in [6.07, 6.45) is 14.1. The predicted molar refractivity (Wildman–Crippen MR) is 92.9 cm³/mol. The highest BCUT2D eigenvalue weighted by Gasteiger charge is 2.33. The number of benzene rings is 1. The summed E-state index contributed by atoms with van der Waals surface area (Å²) in [5.41, 5.74) is 1.64. The molecule has 120 valence electrons. The first-order valence-corrected chi connectivity index (χ1v) is 8.24. The van der Waals surface area contributed by atoms with Crippen LogP contribution in [0.5, 0.6) is 0 Å². The number of hydrogen-bond acceptors (Lipinski definition) is 2. The first-order valence-electron chi connectivity index (χ1n) is 8.24. The highest BCUT2D eigenvalue weighted by molar-refractivity contribution is 5.90. The van der Waals surface area contributed by atoms with E-state index in [9.17, 15) is 4.79 Å². The lowest BCUT2D eigenvalue weighted by Gasteiger charge is -2.36. The standard InChI is InChI=1S/C21H24O2/c1-6-16-11-17(7-2)13-18(12-16)21(22)23-20-10-15(5)8-9-19(20)14(3)4/h1-2,11-15,19-20H,8-10H2,3-5H3/t15-,19+,20-/m1/s1. The molecule has 0 spiro atoms. The molecule has 0 unspecified atom stereocenters. The second-order valence-electron chi connectivity index (χ2n) is 6.86. The molecule has 23 heavy (non-hydrogen) atoms. The average Bonchev–Trinajstić information content (AvgIpc) is 2.53. The molecular formula is C21H24O2. The monoisotopic (exact) mass is 308 g/mol. The molecule has 0 heterocycles. The van der Waals surface area contributed by atoms with Gasteiger partial charge in [0.25, 0.3) is 0 Å². The van der Waals surface area contributed by atoms with E-state index in [1.165, 1.54) is 6.42 Å². The van der Waals surface area contributed by atoms with E-state index in [4.69, 9.17) is 17.6 Å². The Morgan fingerprint density at radius 2 is 1.78 bits per heavy atom. The second-order valence-corrected chi connectivity index (χ2v) is 6.86. The summed E-state index contributed by atoms with van der Waals surface area (Å²) < 4.78 is 5.84. The van der Waals surface area contributed by atoms with Crippen LogP contribution in [0.4, 0.5) is 0 Å². The fraction of sp³-hybridized carbons (Fsp3) is 0.476. The molecule has 0 N–H and O–H groups in total. The molecule has 0 amide bonds. The Kier molecular flexibility index (Phi) is 5.51. The number of carbonyl (C=O) groups is 1. The van der Waals surface area contributed by atoms with Crippen LogP contribution in [0, 0.1) is 42.4 Å². The zero-order chi connectivity index (χ0) is 17.0. The average molecular weight is 308 g/mol. The number of esters is 1. The maximum atomic E-state index is 12.6. The van der Waals surface area contributed by atoms with E-state index < -0.39 is 0 Å². The summed E-state index contributed by atoms with van der Waals surface area (Å²) in [6.45, 7) is 6.60. The molecule has 1 saturated carbocycles. The molecule has 0 aromatic heterocycles. The van der Waals surface area contributed by atoms with Gasteiger partial charge in [0.05, 0.1) is 5.56 Å². The number of hydrogen-bond donors (Lipinski definition) is 0. The second kappa shape index (κ2) is 7.38. The molecule has 1 fully saturated rings. The van der Waals surface area contributed by atoms with Gasteiger partial charge in [-0.05, 0) is 48.8 Å². The van der Waals surface area contributed by atoms with Crippen molar-refractivity contribution in [1.29, 1.82) is 0 Å². The molecular weight excluding hydrogens is 284 g/mol. The van der Waals surface area contributed by atoms with E-state index in [-0.39, 0.29) is 12.1 Å². The van der Waals surface area contributed by atoms with Gasteiger partial charge in [0.2, 0.25) is 0 Å². The minimum atomic E-state index is -0.330. The number of ether oxygens (including phenoxy) is 1. The van der Waals surface area contributed by atoms with E-state index in [2.05, 4.69) is 32.6 Å². The van der Waals surface area contributed by atoms with Crippen molar-refractivity contribution in [3.8, 4) is 24.7 Å². The van der Waals surface area contributed by atoms with E-state index in [0.717, 1.165) is 12.8 Å². The zero-order valence-corrected chi connectivity index (χ0v) is 14.1. The van der Waals surface area contributed by atoms with Crippen LogP contribution in [0.25, 0.3) is 0 Å². The van der Waals surface area contributed by atoms with E-state index in [1.807, 2.05) is 0 Å². The van der Waals surface area contributed by atoms with Crippen molar-refractivity contribution >= 4 is 5.97 Å². The molecule has 1 aromatic rings. The normalized spacial score (nSPS) is 23.8. The summed E-state index contributed by atoms with van der Waals surface area (Å²) >= 11 is 0. The molecule has 1 aliphatic rings. The SMILES string of the molecule is C#Cc1cc(C#C)cc(C(=O)O[C@@H]2C[C@H](C)CC[C@H]2C(C)C)c1. The Bertz CT molecular complexity index is 625. The first-order chi connectivity index (χ1) is 10.9. The molecule has 0 aliphatic heterocycles. The summed E-state index contributed by atoms with van der Waals surface area (Å²) in [5.74, 6) is 6.23. The predicted octanol–water partition coefficient (Wildman–Crippen LogP) is 4.27. The maximum absolute atomic E-state index is 12.6. The van der Waals surface area contributed by atoms with Crippen LogP contribution in [0.2, 0.25) is 0 Å². The van der Waals surface area contributed by atoms with Crippen LogP contribution in [0.1, 0.15) is 61.5 Å². The fourth-order valence-electron chi connectivity index (χ4n) is 3.37. The van der Waals surface area contributed by atoms with Gasteiger partial charge in [0.1, 0.15) is 6.10 Å². The largest absolute Gasteiger partial charge is 0.458 e. The van der Waals surface area contributed by atoms with Gasteiger partial charge < -0.3 is 4.74 Å². The van der Waals surface area contributed by atoms with E-state index in [1.54, 1.807) is 18.2 Å². The molecule has 1 aromatic carbocycles. The Morgan fingerprint density at radius 3 is 2.30 bits per heavy atom. The fourth-order valence-corrected chi connectivity index (χ4v) is 3.37. The Morgan fingerprint density at radius 1 is 1.17 bits per heavy atom. The van der Waals surface area contributed by atoms with Crippen LogP contribution in [0.3, 0.4) is 0 Å².